The molecule has 2 aromatic heterocycles. The summed E-state index contributed by atoms with van der Waals surface area (Å²) in [4.78, 5) is 18.9. The predicted octanol–water partition coefficient (Wildman–Crippen LogP) is 3.84. The third-order valence-corrected chi connectivity index (χ3v) is 4.26. The van der Waals surface area contributed by atoms with Gasteiger partial charge < -0.3 is 10.3 Å². The number of anilines is 1. The Morgan fingerprint density at radius 2 is 2.24 bits per heavy atom. The van der Waals surface area contributed by atoms with Crippen molar-refractivity contribution in [1.82, 2.24) is 9.97 Å². The van der Waals surface area contributed by atoms with Gasteiger partial charge in [-0.15, -0.1) is 11.3 Å². The summed E-state index contributed by atoms with van der Waals surface area (Å²) in [7, 11) is 0. The van der Waals surface area contributed by atoms with Crippen LogP contribution in [0.3, 0.4) is 0 Å². The first-order chi connectivity index (χ1) is 10.1. The number of imidazole rings is 1. The highest BCUT2D eigenvalue weighted by molar-refractivity contribution is 7.16. The van der Waals surface area contributed by atoms with Crippen LogP contribution in [0.15, 0.2) is 30.3 Å². The van der Waals surface area contributed by atoms with Crippen LogP contribution < -0.4 is 5.32 Å². The molecule has 6 nitrogen and oxygen atoms in total. The molecule has 2 N–H and O–H groups in total. The lowest BCUT2D eigenvalue weighted by atomic mass is 10.3. The van der Waals surface area contributed by atoms with E-state index >= 15 is 0 Å². The Balaban J connectivity index is 1.68. The summed E-state index contributed by atoms with van der Waals surface area (Å²) in [6.07, 6.45) is 0.842. The number of non-ortho nitro benzene ring substituents is 1. The van der Waals surface area contributed by atoms with Crippen LogP contribution in [-0.2, 0) is 6.42 Å². The molecule has 21 heavy (non-hydrogen) atoms. The molecule has 0 saturated carbocycles. The van der Waals surface area contributed by atoms with Gasteiger partial charge in [0.15, 0.2) is 0 Å². The molecule has 0 radical (unpaired) electrons. The fourth-order valence-electron chi connectivity index (χ4n) is 1.99. The molecular formula is C13H11ClN4O2S. The lowest BCUT2D eigenvalue weighted by Crippen LogP contribution is -2.04. The Bertz CT molecular complexity index is 798. The van der Waals surface area contributed by atoms with E-state index in [1.807, 2.05) is 12.1 Å². The van der Waals surface area contributed by atoms with E-state index in [-0.39, 0.29) is 5.69 Å². The summed E-state index contributed by atoms with van der Waals surface area (Å²) >= 11 is 7.43. The van der Waals surface area contributed by atoms with Crippen LogP contribution in [-0.4, -0.2) is 21.4 Å². The van der Waals surface area contributed by atoms with Gasteiger partial charge in [0.25, 0.3) is 5.69 Å². The molecule has 108 valence electrons. The molecule has 0 amide bonds. The van der Waals surface area contributed by atoms with Crippen molar-refractivity contribution in [3.63, 3.8) is 0 Å². The number of nitro groups is 1. The fraction of sp³-hybridized carbons (Fsp3) is 0.154. The number of rotatable bonds is 5. The van der Waals surface area contributed by atoms with E-state index in [1.54, 1.807) is 17.4 Å². The summed E-state index contributed by atoms with van der Waals surface area (Å²) < 4.78 is 0.779. The lowest BCUT2D eigenvalue weighted by Gasteiger charge is -2.00. The van der Waals surface area contributed by atoms with Crippen molar-refractivity contribution in [2.45, 2.75) is 6.42 Å². The predicted molar refractivity (Wildman–Crippen MR) is 84.3 cm³/mol. The molecule has 0 aliphatic carbocycles. The second kappa shape index (κ2) is 5.71. The Labute approximate surface area is 128 Å². The van der Waals surface area contributed by atoms with Gasteiger partial charge in [-0.05, 0) is 24.6 Å². The van der Waals surface area contributed by atoms with Crippen molar-refractivity contribution in [3.05, 3.63) is 49.7 Å². The van der Waals surface area contributed by atoms with Crippen LogP contribution >= 0.6 is 22.9 Å². The van der Waals surface area contributed by atoms with Gasteiger partial charge in [0.05, 0.1) is 20.3 Å². The molecule has 0 bridgehead atoms. The van der Waals surface area contributed by atoms with Crippen LogP contribution in [0, 0.1) is 10.1 Å². The number of halogens is 1. The van der Waals surface area contributed by atoms with E-state index in [1.165, 1.54) is 17.0 Å². The van der Waals surface area contributed by atoms with Crippen LogP contribution in [0.25, 0.3) is 11.0 Å². The number of aromatic nitrogens is 2. The molecule has 8 heteroatoms. The van der Waals surface area contributed by atoms with Gasteiger partial charge in [-0.3, -0.25) is 10.1 Å². The normalized spacial score (nSPS) is 10.9. The maximum absolute atomic E-state index is 10.7. The van der Waals surface area contributed by atoms with Gasteiger partial charge in [0.1, 0.15) is 0 Å². The van der Waals surface area contributed by atoms with Crippen molar-refractivity contribution >= 4 is 45.6 Å². The summed E-state index contributed by atoms with van der Waals surface area (Å²) in [5.41, 5.74) is 1.39. The first-order valence-electron chi connectivity index (χ1n) is 6.24. The number of hydrogen-bond donors (Lipinski definition) is 2. The second-order valence-corrected chi connectivity index (χ2v) is 6.23. The minimum atomic E-state index is -0.423. The molecule has 2 heterocycles. The number of benzene rings is 1. The zero-order valence-corrected chi connectivity index (χ0v) is 12.4. The first-order valence-corrected chi connectivity index (χ1v) is 7.43. The maximum atomic E-state index is 10.7. The summed E-state index contributed by atoms with van der Waals surface area (Å²) in [5, 5.41) is 13.9. The molecule has 0 spiro atoms. The number of fused-ring (bicyclic) bond motifs is 1. The van der Waals surface area contributed by atoms with Crippen LogP contribution in [0.5, 0.6) is 0 Å². The van der Waals surface area contributed by atoms with E-state index in [0.717, 1.165) is 10.8 Å². The molecule has 0 aliphatic rings. The molecule has 1 aromatic carbocycles. The van der Waals surface area contributed by atoms with Crippen molar-refractivity contribution < 1.29 is 4.92 Å². The van der Waals surface area contributed by atoms with Gasteiger partial charge in [0.2, 0.25) is 5.95 Å². The zero-order valence-electron chi connectivity index (χ0n) is 10.8. The Kier molecular flexibility index (Phi) is 3.76. The van der Waals surface area contributed by atoms with Gasteiger partial charge in [-0.25, -0.2) is 4.98 Å². The van der Waals surface area contributed by atoms with E-state index < -0.39 is 4.92 Å². The third kappa shape index (κ3) is 3.14. The summed E-state index contributed by atoms with van der Waals surface area (Å²) in [6.45, 7) is 0.707. The Hall–Kier alpha value is -2.12. The summed E-state index contributed by atoms with van der Waals surface area (Å²) in [5.74, 6) is 0.605. The fourth-order valence-corrected chi connectivity index (χ4v) is 3.07. The molecule has 0 fully saturated rings. The SMILES string of the molecule is O=[N+]([O-])c1ccc2nc(NCCc3ccc(Cl)s3)[nH]c2c1. The van der Waals surface area contributed by atoms with Gasteiger partial charge >= 0.3 is 0 Å². The van der Waals surface area contributed by atoms with Gasteiger partial charge in [-0.1, -0.05) is 11.6 Å². The number of nitrogens with zero attached hydrogens (tertiary/aromatic N) is 2. The smallest absolute Gasteiger partial charge is 0.271 e. The van der Waals surface area contributed by atoms with Crippen LogP contribution in [0.2, 0.25) is 4.34 Å². The highest BCUT2D eigenvalue weighted by atomic mass is 35.5. The number of hydrogen-bond acceptors (Lipinski definition) is 5. The van der Waals surface area contributed by atoms with E-state index in [9.17, 15) is 10.1 Å². The van der Waals surface area contributed by atoms with Crippen molar-refractivity contribution in [3.8, 4) is 0 Å². The second-order valence-electron chi connectivity index (χ2n) is 4.43. The third-order valence-electron chi connectivity index (χ3n) is 2.97. The highest BCUT2D eigenvalue weighted by Gasteiger charge is 2.09. The van der Waals surface area contributed by atoms with Crippen LogP contribution in [0.1, 0.15) is 4.88 Å². The largest absolute Gasteiger partial charge is 0.355 e. The van der Waals surface area contributed by atoms with Gasteiger partial charge in [-0.2, -0.15) is 0 Å². The maximum Gasteiger partial charge on any atom is 0.271 e. The molecule has 3 aromatic rings. The van der Waals surface area contributed by atoms with E-state index in [4.69, 9.17) is 11.6 Å². The number of thiophene rings is 1. The summed E-state index contributed by atoms with van der Waals surface area (Å²) in [6, 6.07) is 8.43. The number of H-pyrrole nitrogens is 1. The molecular weight excluding hydrogens is 312 g/mol. The average Bonchev–Trinajstić information content (AvgIpc) is 3.03. The number of aromatic amines is 1. The number of nitrogens with one attached hydrogen (secondary N) is 2. The standard InChI is InChI=1S/C13H11ClN4O2S/c14-12-4-2-9(21-12)5-6-15-13-16-10-3-1-8(18(19)20)7-11(10)17-13/h1-4,7H,5-6H2,(H2,15,16,17). The monoisotopic (exact) mass is 322 g/mol. The quantitative estimate of drug-likeness (QED) is 0.552. The molecule has 0 saturated heterocycles. The average molecular weight is 323 g/mol. The lowest BCUT2D eigenvalue weighted by molar-refractivity contribution is -0.384. The Morgan fingerprint density at radius 3 is 2.95 bits per heavy atom. The van der Waals surface area contributed by atoms with Gasteiger partial charge in [0, 0.05) is 23.6 Å². The highest BCUT2D eigenvalue weighted by Crippen LogP contribution is 2.22. The van der Waals surface area contributed by atoms with Crippen LogP contribution in [0.4, 0.5) is 11.6 Å². The Morgan fingerprint density at radius 1 is 1.38 bits per heavy atom. The van der Waals surface area contributed by atoms with Crippen molar-refractivity contribution in [2.24, 2.45) is 0 Å². The molecule has 0 unspecified atom stereocenters. The number of nitro benzene ring substituents is 1. The van der Waals surface area contributed by atoms with E-state index in [0.29, 0.717) is 23.5 Å². The van der Waals surface area contributed by atoms with Crippen molar-refractivity contribution in [2.75, 3.05) is 11.9 Å². The molecule has 0 aliphatic heterocycles. The first kappa shape index (κ1) is 13.8. The molecule has 3 rings (SSSR count). The minimum Gasteiger partial charge on any atom is -0.355 e. The minimum absolute atomic E-state index is 0.0472. The zero-order chi connectivity index (χ0) is 14.8. The van der Waals surface area contributed by atoms with Crippen molar-refractivity contribution in [1.29, 1.82) is 0 Å². The molecule has 0 atom stereocenters. The van der Waals surface area contributed by atoms with E-state index in [2.05, 4.69) is 15.3 Å². The topological polar surface area (TPSA) is 83.8 Å².